The largest absolute Gasteiger partial charge is 0.515 e. The highest BCUT2D eigenvalue weighted by molar-refractivity contribution is 6.31. The number of aromatic nitrogens is 1. The molecule has 1 fully saturated rings. The van der Waals surface area contributed by atoms with Crippen molar-refractivity contribution in [2.24, 2.45) is 5.92 Å². The summed E-state index contributed by atoms with van der Waals surface area (Å²) in [5.41, 5.74) is 1.28. The number of ether oxygens (including phenoxy) is 2. The summed E-state index contributed by atoms with van der Waals surface area (Å²) >= 11 is 6.21. The Kier molecular flexibility index (Phi) is 7.12. The second kappa shape index (κ2) is 10.0. The first-order valence-corrected chi connectivity index (χ1v) is 11.7. The summed E-state index contributed by atoms with van der Waals surface area (Å²) < 4.78 is 10.3. The van der Waals surface area contributed by atoms with Gasteiger partial charge < -0.3 is 30.0 Å². The highest BCUT2D eigenvalue weighted by Gasteiger charge is 2.40. The number of carbonyl (C=O) groups is 1. The van der Waals surface area contributed by atoms with Gasteiger partial charge in [-0.15, -0.1) is 0 Å². The van der Waals surface area contributed by atoms with Crippen LogP contribution in [0.2, 0.25) is 5.02 Å². The summed E-state index contributed by atoms with van der Waals surface area (Å²) in [6.45, 7) is 2.89. The summed E-state index contributed by atoms with van der Waals surface area (Å²) in [6, 6.07) is 12.3. The smallest absolute Gasteiger partial charge is 0.508 e. The first-order chi connectivity index (χ1) is 15.9. The number of nitrogens with one attached hydrogen (secondary N) is 2. The van der Waals surface area contributed by atoms with Crippen LogP contribution in [-0.4, -0.2) is 34.5 Å². The molecule has 0 amide bonds. The minimum Gasteiger partial charge on any atom is -0.508 e. The first kappa shape index (κ1) is 23.4. The zero-order valence-corrected chi connectivity index (χ0v) is 19.3. The molecule has 1 saturated carbocycles. The third-order valence-electron chi connectivity index (χ3n) is 6.35. The monoisotopic (exact) mass is 472 g/mol. The number of hydrogen-bond donors (Lipinski definition) is 4. The van der Waals surface area contributed by atoms with E-state index < -0.39 is 11.8 Å². The number of aliphatic hydroxyl groups is 1. The molecule has 0 bridgehead atoms. The Morgan fingerprint density at radius 1 is 1.27 bits per heavy atom. The van der Waals surface area contributed by atoms with E-state index in [0.717, 1.165) is 41.3 Å². The molecule has 3 aromatic rings. The highest BCUT2D eigenvalue weighted by atomic mass is 35.5. The Morgan fingerprint density at radius 3 is 2.91 bits per heavy atom. The van der Waals surface area contributed by atoms with Crippen molar-refractivity contribution in [3.05, 3.63) is 58.6 Å². The average Bonchev–Trinajstić information content (AvgIpc) is 3.11. The first-order valence-electron chi connectivity index (χ1n) is 11.3. The second-order valence-corrected chi connectivity index (χ2v) is 8.89. The lowest BCUT2D eigenvalue weighted by Crippen LogP contribution is -2.43. The van der Waals surface area contributed by atoms with Crippen LogP contribution in [0.1, 0.15) is 43.7 Å². The molecule has 7 nitrogen and oxygen atoms in total. The number of phenols is 1. The number of rotatable bonds is 7. The number of fused-ring (bicyclic) bond motifs is 1. The molecule has 8 heteroatoms. The summed E-state index contributed by atoms with van der Waals surface area (Å²) in [5.74, 6) is 0.427. The van der Waals surface area contributed by atoms with Gasteiger partial charge in [0, 0.05) is 40.5 Å². The molecule has 33 heavy (non-hydrogen) atoms. The lowest BCUT2D eigenvalue weighted by atomic mass is 9.71. The number of benzene rings is 2. The van der Waals surface area contributed by atoms with Crippen molar-refractivity contribution in [2.45, 2.75) is 44.8 Å². The molecule has 1 aliphatic carbocycles. The van der Waals surface area contributed by atoms with E-state index in [1.807, 2.05) is 18.2 Å². The number of aromatic amines is 1. The van der Waals surface area contributed by atoms with Gasteiger partial charge in [-0.2, -0.15) is 0 Å². The summed E-state index contributed by atoms with van der Waals surface area (Å²) in [5, 5.41) is 26.3. The maximum Gasteiger partial charge on any atom is 0.515 e. The number of H-pyrrole nitrogens is 1. The van der Waals surface area contributed by atoms with E-state index in [0.29, 0.717) is 30.4 Å². The molecule has 2 unspecified atom stereocenters. The van der Waals surface area contributed by atoms with Gasteiger partial charge in [-0.3, -0.25) is 0 Å². The molecule has 176 valence electrons. The molecule has 0 aliphatic heterocycles. The predicted molar refractivity (Wildman–Crippen MR) is 127 cm³/mol. The van der Waals surface area contributed by atoms with E-state index in [1.165, 1.54) is 0 Å². The third-order valence-corrected chi connectivity index (χ3v) is 6.59. The Balaban J connectivity index is 1.54. The SMILES string of the molecule is CCOC(=O)Oc1[nH]c2ccc(Cl)cc2c1CNCC1CCCCC1(O)c1cccc(O)c1. The number of halogens is 1. The van der Waals surface area contributed by atoms with Gasteiger partial charge in [0.25, 0.3) is 0 Å². The minimum absolute atomic E-state index is 0.0312. The third kappa shape index (κ3) is 5.11. The van der Waals surface area contributed by atoms with Crippen molar-refractivity contribution in [3.63, 3.8) is 0 Å². The molecule has 1 aliphatic rings. The molecule has 0 saturated heterocycles. The second-order valence-electron chi connectivity index (χ2n) is 8.46. The Bertz CT molecular complexity index is 1130. The van der Waals surface area contributed by atoms with Crippen LogP contribution >= 0.6 is 11.6 Å². The molecule has 4 rings (SSSR count). The number of hydrogen-bond acceptors (Lipinski definition) is 6. The van der Waals surface area contributed by atoms with Crippen LogP contribution in [-0.2, 0) is 16.9 Å². The van der Waals surface area contributed by atoms with Crippen LogP contribution in [0.3, 0.4) is 0 Å². The summed E-state index contributed by atoms with van der Waals surface area (Å²) in [7, 11) is 0. The maximum absolute atomic E-state index is 11.9. The molecule has 2 atom stereocenters. The van der Waals surface area contributed by atoms with Gasteiger partial charge in [0.1, 0.15) is 5.75 Å². The van der Waals surface area contributed by atoms with Gasteiger partial charge in [-0.1, -0.05) is 36.6 Å². The molecule has 1 heterocycles. The molecule has 2 aromatic carbocycles. The molecule has 1 aromatic heterocycles. The number of carbonyl (C=O) groups excluding carboxylic acids is 1. The van der Waals surface area contributed by atoms with Crippen LogP contribution in [0.4, 0.5) is 4.79 Å². The van der Waals surface area contributed by atoms with Crippen LogP contribution in [0, 0.1) is 5.92 Å². The quantitative estimate of drug-likeness (QED) is 0.351. The van der Waals surface area contributed by atoms with Gasteiger partial charge in [-0.05, 0) is 55.7 Å². The van der Waals surface area contributed by atoms with E-state index in [2.05, 4.69) is 10.3 Å². The van der Waals surface area contributed by atoms with Gasteiger partial charge in [0.05, 0.1) is 12.2 Å². The van der Waals surface area contributed by atoms with Crippen molar-refractivity contribution in [1.82, 2.24) is 10.3 Å². The summed E-state index contributed by atoms with van der Waals surface area (Å²) in [6.07, 6.45) is 2.70. The number of phenolic OH excluding ortho intramolecular Hbond substituents is 1. The van der Waals surface area contributed by atoms with Gasteiger partial charge in [0.15, 0.2) is 0 Å². The van der Waals surface area contributed by atoms with E-state index >= 15 is 0 Å². The topological polar surface area (TPSA) is 104 Å². The van der Waals surface area contributed by atoms with E-state index in [9.17, 15) is 15.0 Å². The van der Waals surface area contributed by atoms with Crippen LogP contribution < -0.4 is 10.1 Å². The normalized spacial score (nSPS) is 20.6. The standard InChI is InChI=1S/C25H29ClN2O5/c1-2-32-24(30)33-23-21(20-13-18(26)9-10-22(20)28-23)15-27-14-17-6-3-4-11-25(17,31)16-7-5-8-19(29)12-16/h5,7-10,12-13,17,27-29,31H,2-4,6,11,14-15H2,1H3. The van der Waals surface area contributed by atoms with Gasteiger partial charge in [0.2, 0.25) is 5.88 Å². The van der Waals surface area contributed by atoms with Crippen molar-refractivity contribution in [1.29, 1.82) is 0 Å². The Hall–Kier alpha value is -2.74. The minimum atomic E-state index is -1.02. The van der Waals surface area contributed by atoms with Crippen molar-refractivity contribution in [3.8, 4) is 11.6 Å². The highest BCUT2D eigenvalue weighted by Crippen LogP contribution is 2.42. The zero-order chi connectivity index (χ0) is 23.4. The van der Waals surface area contributed by atoms with Crippen LogP contribution in [0.15, 0.2) is 42.5 Å². The lowest BCUT2D eigenvalue weighted by Gasteiger charge is -2.40. The average molecular weight is 473 g/mol. The zero-order valence-electron chi connectivity index (χ0n) is 18.6. The van der Waals surface area contributed by atoms with Gasteiger partial charge in [-0.25, -0.2) is 4.79 Å². The maximum atomic E-state index is 11.9. The number of aromatic hydroxyl groups is 1. The van der Waals surface area contributed by atoms with Crippen molar-refractivity contribution < 1.29 is 24.5 Å². The fraction of sp³-hybridized carbons (Fsp3) is 0.400. The van der Waals surface area contributed by atoms with Crippen molar-refractivity contribution >= 4 is 28.7 Å². The van der Waals surface area contributed by atoms with Crippen LogP contribution in [0.25, 0.3) is 10.9 Å². The van der Waals surface area contributed by atoms with E-state index in [1.54, 1.807) is 31.2 Å². The molecular weight excluding hydrogens is 444 g/mol. The summed E-state index contributed by atoms with van der Waals surface area (Å²) in [4.78, 5) is 15.1. The predicted octanol–water partition coefficient (Wildman–Crippen LogP) is 5.23. The van der Waals surface area contributed by atoms with Gasteiger partial charge >= 0.3 is 6.16 Å². The van der Waals surface area contributed by atoms with E-state index in [4.69, 9.17) is 21.1 Å². The molecule has 4 N–H and O–H groups in total. The fourth-order valence-corrected chi connectivity index (χ4v) is 4.89. The Morgan fingerprint density at radius 2 is 2.12 bits per heavy atom. The Labute approximate surface area is 197 Å². The lowest BCUT2D eigenvalue weighted by molar-refractivity contribution is -0.0538. The van der Waals surface area contributed by atoms with Crippen LogP contribution in [0.5, 0.6) is 11.6 Å². The molecule has 0 spiro atoms. The van der Waals surface area contributed by atoms with Crippen molar-refractivity contribution in [2.75, 3.05) is 13.2 Å². The fourth-order valence-electron chi connectivity index (χ4n) is 4.71. The van der Waals surface area contributed by atoms with E-state index in [-0.39, 0.29) is 18.3 Å². The molecule has 0 radical (unpaired) electrons. The molecular formula is C25H29ClN2O5.